The van der Waals surface area contributed by atoms with Crippen LogP contribution in [0.1, 0.15) is 15.9 Å². The summed E-state index contributed by atoms with van der Waals surface area (Å²) >= 11 is 1.20. The molecule has 0 spiro atoms. The Morgan fingerprint density at radius 3 is 1.72 bits per heavy atom. The molecule has 0 heterocycles. The SMILES string of the molecule is Cc1ccc(NC(=O)CSCC(=O)Nc2ccc(C(=O)O)cc2)cc1. The molecule has 0 saturated heterocycles. The monoisotopic (exact) mass is 358 g/mol. The molecule has 2 aromatic rings. The van der Waals surface area contributed by atoms with Gasteiger partial charge in [0, 0.05) is 11.4 Å². The van der Waals surface area contributed by atoms with Gasteiger partial charge in [0.2, 0.25) is 11.8 Å². The Morgan fingerprint density at radius 1 is 0.840 bits per heavy atom. The highest BCUT2D eigenvalue weighted by Gasteiger charge is 2.07. The molecular weight excluding hydrogens is 340 g/mol. The summed E-state index contributed by atoms with van der Waals surface area (Å²) in [5, 5.41) is 14.2. The van der Waals surface area contributed by atoms with Crippen LogP contribution < -0.4 is 10.6 Å². The zero-order valence-electron chi connectivity index (χ0n) is 13.6. The van der Waals surface area contributed by atoms with Gasteiger partial charge in [-0.1, -0.05) is 17.7 Å². The lowest BCUT2D eigenvalue weighted by Gasteiger charge is -2.07. The summed E-state index contributed by atoms with van der Waals surface area (Å²) in [6.45, 7) is 1.97. The van der Waals surface area contributed by atoms with Crippen molar-refractivity contribution in [2.75, 3.05) is 22.1 Å². The van der Waals surface area contributed by atoms with E-state index in [0.29, 0.717) is 5.69 Å². The lowest BCUT2D eigenvalue weighted by molar-refractivity contribution is -0.114. The second-order valence-corrected chi connectivity index (χ2v) is 6.32. The van der Waals surface area contributed by atoms with E-state index >= 15 is 0 Å². The highest BCUT2D eigenvalue weighted by molar-refractivity contribution is 8.00. The van der Waals surface area contributed by atoms with Gasteiger partial charge in [-0.25, -0.2) is 4.79 Å². The minimum Gasteiger partial charge on any atom is -0.478 e. The van der Waals surface area contributed by atoms with Crippen molar-refractivity contribution in [2.45, 2.75) is 6.92 Å². The first-order valence-electron chi connectivity index (χ1n) is 7.51. The van der Waals surface area contributed by atoms with Gasteiger partial charge in [0.15, 0.2) is 0 Å². The van der Waals surface area contributed by atoms with E-state index in [4.69, 9.17) is 5.11 Å². The molecule has 0 unspecified atom stereocenters. The zero-order valence-corrected chi connectivity index (χ0v) is 14.4. The fraction of sp³-hybridized carbons (Fsp3) is 0.167. The molecule has 0 aliphatic heterocycles. The Kier molecular flexibility index (Phi) is 6.59. The number of carboxylic acid groups (broad SMARTS) is 1. The summed E-state index contributed by atoms with van der Waals surface area (Å²) in [5.41, 5.74) is 2.50. The van der Waals surface area contributed by atoms with Crippen LogP contribution in [-0.4, -0.2) is 34.4 Å². The van der Waals surface area contributed by atoms with Crippen LogP contribution in [-0.2, 0) is 9.59 Å². The second-order valence-electron chi connectivity index (χ2n) is 5.34. The molecule has 0 bridgehead atoms. The van der Waals surface area contributed by atoms with Crippen LogP contribution in [0.4, 0.5) is 11.4 Å². The van der Waals surface area contributed by atoms with E-state index in [1.165, 1.54) is 36.0 Å². The van der Waals surface area contributed by atoms with E-state index in [1.54, 1.807) is 0 Å². The normalized spacial score (nSPS) is 10.1. The van der Waals surface area contributed by atoms with Crippen LogP contribution >= 0.6 is 11.8 Å². The number of hydrogen-bond donors (Lipinski definition) is 3. The van der Waals surface area contributed by atoms with Gasteiger partial charge >= 0.3 is 5.97 Å². The largest absolute Gasteiger partial charge is 0.478 e. The number of nitrogens with one attached hydrogen (secondary N) is 2. The molecule has 2 aromatic carbocycles. The van der Waals surface area contributed by atoms with Crippen molar-refractivity contribution in [3.63, 3.8) is 0 Å². The summed E-state index contributed by atoms with van der Waals surface area (Å²) in [7, 11) is 0. The molecule has 0 aromatic heterocycles. The number of anilines is 2. The zero-order chi connectivity index (χ0) is 18.2. The van der Waals surface area contributed by atoms with Crippen LogP contribution in [0.3, 0.4) is 0 Å². The third kappa shape index (κ3) is 6.31. The molecule has 2 rings (SSSR count). The minimum atomic E-state index is -1.02. The number of carboxylic acids is 1. The maximum atomic E-state index is 11.8. The van der Waals surface area contributed by atoms with Crippen molar-refractivity contribution < 1.29 is 19.5 Å². The van der Waals surface area contributed by atoms with Crippen molar-refractivity contribution in [3.05, 3.63) is 59.7 Å². The number of aromatic carboxylic acids is 1. The average molecular weight is 358 g/mol. The number of thioether (sulfide) groups is 1. The first-order chi connectivity index (χ1) is 11.9. The van der Waals surface area contributed by atoms with Crippen molar-refractivity contribution in [1.29, 1.82) is 0 Å². The fourth-order valence-electron chi connectivity index (χ4n) is 1.96. The third-order valence-corrected chi connectivity index (χ3v) is 4.15. The Balaban J connectivity index is 1.71. The van der Waals surface area contributed by atoms with E-state index in [2.05, 4.69) is 10.6 Å². The summed E-state index contributed by atoms with van der Waals surface area (Å²) in [5.74, 6) is -1.15. The maximum Gasteiger partial charge on any atom is 0.335 e. The molecule has 0 aliphatic carbocycles. The second kappa shape index (κ2) is 8.89. The number of carbonyl (C=O) groups is 3. The summed E-state index contributed by atoms with van der Waals surface area (Å²) < 4.78 is 0. The van der Waals surface area contributed by atoms with Gasteiger partial charge in [-0.15, -0.1) is 11.8 Å². The lowest BCUT2D eigenvalue weighted by Crippen LogP contribution is -2.18. The molecular formula is C18H18N2O4S. The van der Waals surface area contributed by atoms with Gasteiger partial charge in [-0.05, 0) is 43.3 Å². The number of benzene rings is 2. The van der Waals surface area contributed by atoms with Crippen LogP contribution in [0.2, 0.25) is 0 Å². The van der Waals surface area contributed by atoms with Crippen LogP contribution in [0, 0.1) is 6.92 Å². The van der Waals surface area contributed by atoms with E-state index < -0.39 is 5.97 Å². The van der Waals surface area contributed by atoms with Crippen molar-refractivity contribution in [3.8, 4) is 0 Å². The van der Waals surface area contributed by atoms with Gasteiger partial charge in [-0.3, -0.25) is 9.59 Å². The molecule has 0 atom stereocenters. The maximum absolute atomic E-state index is 11.8. The molecule has 0 saturated carbocycles. The number of carbonyl (C=O) groups excluding carboxylic acids is 2. The molecule has 2 amide bonds. The van der Waals surface area contributed by atoms with Crippen molar-refractivity contribution in [1.82, 2.24) is 0 Å². The smallest absolute Gasteiger partial charge is 0.335 e. The Morgan fingerprint density at radius 2 is 1.28 bits per heavy atom. The standard InChI is InChI=1S/C18H18N2O4S/c1-12-2-6-14(7-3-12)19-16(21)10-25-11-17(22)20-15-8-4-13(5-9-15)18(23)24/h2-9H,10-11H2,1H3,(H,19,21)(H,20,22)(H,23,24). The fourth-order valence-corrected chi connectivity index (χ4v) is 2.58. The average Bonchev–Trinajstić information content (AvgIpc) is 2.57. The van der Waals surface area contributed by atoms with Crippen molar-refractivity contribution >= 4 is 40.9 Å². The van der Waals surface area contributed by atoms with Gasteiger partial charge in [-0.2, -0.15) is 0 Å². The van der Waals surface area contributed by atoms with Crippen LogP contribution in [0.15, 0.2) is 48.5 Å². The first kappa shape index (κ1) is 18.5. The summed E-state index contributed by atoms with van der Waals surface area (Å²) in [6, 6.07) is 13.3. The number of hydrogen-bond acceptors (Lipinski definition) is 4. The number of amides is 2. The van der Waals surface area contributed by atoms with E-state index in [-0.39, 0.29) is 28.9 Å². The first-order valence-corrected chi connectivity index (χ1v) is 8.67. The Bertz CT molecular complexity index is 758. The van der Waals surface area contributed by atoms with E-state index in [0.717, 1.165) is 11.3 Å². The lowest BCUT2D eigenvalue weighted by atomic mass is 10.2. The Hall–Kier alpha value is -2.80. The number of rotatable bonds is 7. The van der Waals surface area contributed by atoms with Crippen LogP contribution in [0.5, 0.6) is 0 Å². The summed E-state index contributed by atoms with van der Waals surface area (Å²) in [4.78, 5) is 34.4. The molecule has 0 radical (unpaired) electrons. The molecule has 3 N–H and O–H groups in total. The van der Waals surface area contributed by atoms with E-state index in [1.807, 2.05) is 31.2 Å². The van der Waals surface area contributed by atoms with Gasteiger partial charge in [0.1, 0.15) is 0 Å². The van der Waals surface area contributed by atoms with Gasteiger partial charge < -0.3 is 15.7 Å². The molecule has 0 aliphatic rings. The highest BCUT2D eigenvalue weighted by atomic mass is 32.2. The molecule has 0 fully saturated rings. The van der Waals surface area contributed by atoms with Crippen molar-refractivity contribution in [2.24, 2.45) is 0 Å². The quantitative estimate of drug-likeness (QED) is 0.707. The predicted octanol–water partition coefficient (Wildman–Crippen LogP) is 3.00. The van der Waals surface area contributed by atoms with Crippen LogP contribution in [0.25, 0.3) is 0 Å². The molecule has 7 heteroatoms. The molecule has 6 nitrogen and oxygen atoms in total. The Labute approximate surface area is 149 Å². The predicted molar refractivity (Wildman–Crippen MR) is 99.2 cm³/mol. The highest BCUT2D eigenvalue weighted by Crippen LogP contribution is 2.12. The third-order valence-electron chi connectivity index (χ3n) is 3.22. The molecule has 25 heavy (non-hydrogen) atoms. The van der Waals surface area contributed by atoms with Gasteiger partial charge in [0.25, 0.3) is 0 Å². The number of aryl methyl sites for hydroxylation is 1. The minimum absolute atomic E-state index is 0.127. The van der Waals surface area contributed by atoms with E-state index in [9.17, 15) is 14.4 Å². The summed E-state index contributed by atoms with van der Waals surface area (Å²) in [6.07, 6.45) is 0. The molecule has 130 valence electrons. The topological polar surface area (TPSA) is 95.5 Å². The van der Waals surface area contributed by atoms with Gasteiger partial charge in [0.05, 0.1) is 17.1 Å².